The van der Waals surface area contributed by atoms with Crippen molar-refractivity contribution in [2.45, 2.75) is 51.4 Å². The third kappa shape index (κ3) is 4.11. The first-order chi connectivity index (χ1) is 12.6. The average Bonchev–Trinajstić information content (AvgIpc) is 3.49. The Morgan fingerprint density at radius 2 is 1.69 bits per heavy atom. The van der Waals surface area contributed by atoms with Crippen LogP contribution in [0.4, 0.5) is 0 Å². The van der Waals surface area contributed by atoms with Gasteiger partial charge in [0.15, 0.2) is 0 Å². The summed E-state index contributed by atoms with van der Waals surface area (Å²) in [6.45, 7) is 3.61. The van der Waals surface area contributed by atoms with E-state index in [1.165, 1.54) is 12.8 Å². The van der Waals surface area contributed by atoms with E-state index < -0.39 is 0 Å². The molecule has 2 saturated heterocycles. The summed E-state index contributed by atoms with van der Waals surface area (Å²) in [7, 11) is 0. The average molecular weight is 354 g/mol. The van der Waals surface area contributed by atoms with Gasteiger partial charge in [0.05, 0.1) is 6.42 Å². The van der Waals surface area contributed by atoms with E-state index in [2.05, 4.69) is 4.90 Å². The van der Waals surface area contributed by atoms with Gasteiger partial charge in [0.2, 0.25) is 11.8 Å². The molecule has 3 aliphatic rings. The first kappa shape index (κ1) is 17.6. The summed E-state index contributed by atoms with van der Waals surface area (Å²) in [5.74, 6) is 1.37. The standard InChI is InChI=1S/C22H30N2O2/c25-20-8-9-22(12-15-24(20)17-19-6-7-19)10-13-23(14-11-22)21(26)16-18-4-2-1-3-5-18/h1-5,19H,6-17H2. The van der Waals surface area contributed by atoms with E-state index in [0.717, 1.165) is 63.3 Å². The van der Waals surface area contributed by atoms with Gasteiger partial charge in [-0.05, 0) is 55.4 Å². The molecule has 1 spiro atoms. The Morgan fingerprint density at radius 1 is 1.00 bits per heavy atom. The molecule has 0 unspecified atom stereocenters. The summed E-state index contributed by atoms with van der Waals surface area (Å²) in [6.07, 6.45) is 8.03. The van der Waals surface area contributed by atoms with Crippen LogP contribution < -0.4 is 0 Å². The molecule has 1 aromatic rings. The molecule has 2 heterocycles. The Bertz CT molecular complexity index is 645. The van der Waals surface area contributed by atoms with Gasteiger partial charge in [-0.3, -0.25) is 9.59 Å². The number of piperidine rings is 1. The molecule has 4 heteroatoms. The van der Waals surface area contributed by atoms with Gasteiger partial charge in [-0.1, -0.05) is 30.3 Å². The summed E-state index contributed by atoms with van der Waals surface area (Å²) >= 11 is 0. The van der Waals surface area contributed by atoms with Crippen LogP contribution in [0.5, 0.6) is 0 Å². The third-order valence-corrected chi connectivity index (χ3v) is 6.68. The Labute approximate surface area is 156 Å². The lowest BCUT2D eigenvalue weighted by Gasteiger charge is -2.41. The maximum atomic E-state index is 12.6. The molecular formula is C22H30N2O2. The minimum absolute atomic E-state index is 0.242. The van der Waals surface area contributed by atoms with E-state index in [0.29, 0.717) is 18.7 Å². The lowest BCUT2D eigenvalue weighted by Crippen LogP contribution is -2.44. The molecule has 140 valence electrons. The molecule has 0 atom stereocenters. The fourth-order valence-electron chi connectivity index (χ4n) is 4.57. The van der Waals surface area contributed by atoms with Crippen LogP contribution in [-0.2, 0) is 16.0 Å². The summed E-state index contributed by atoms with van der Waals surface area (Å²) in [4.78, 5) is 29.2. The van der Waals surface area contributed by atoms with Crippen molar-refractivity contribution in [3.05, 3.63) is 35.9 Å². The van der Waals surface area contributed by atoms with Crippen molar-refractivity contribution in [2.24, 2.45) is 11.3 Å². The van der Waals surface area contributed by atoms with Gasteiger partial charge in [-0.2, -0.15) is 0 Å². The zero-order chi connectivity index (χ0) is 18.0. The van der Waals surface area contributed by atoms with E-state index >= 15 is 0 Å². The van der Waals surface area contributed by atoms with Gasteiger partial charge >= 0.3 is 0 Å². The van der Waals surface area contributed by atoms with Crippen LogP contribution in [0.3, 0.4) is 0 Å². The molecule has 4 nitrogen and oxygen atoms in total. The van der Waals surface area contributed by atoms with Crippen molar-refractivity contribution in [1.82, 2.24) is 9.80 Å². The third-order valence-electron chi connectivity index (χ3n) is 6.68. The second-order valence-electron chi connectivity index (χ2n) is 8.58. The van der Waals surface area contributed by atoms with Crippen LogP contribution in [-0.4, -0.2) is 47.8 Å². The predicted octanol–water partition coefficient (Wildman–Crippen LogP) is 3.26. The molecule has 2 amide bonds. The van der Waals surface area contributed by atoms with E-state index in [-0.39, 0.29) is 11.3 Å². The highest BCUT2D eigenvalue weighted by molar-refractivity contribution is 5.79. The van der Waals surface area contributed by atoms with Crippen LogP contribution >= 0.6 is 0 Å². The van der Waals surface area contributed by atoms with E-state index in [4.69, 9.17) is 0 Å². The molecule has 2 aliphatic heterocycles. The first-order valence-electron chi connectivity index (χ1n) is 10.2. The number of hydrogen-bond donors (Lipinski definition) is 0. The lowest BCUT2D eigenvalue weighted by molar-refractivity contribution is -0.133. The van der Waals surface area contributed by atoms with Crippen molar-refractivity contribution in [3.63, 3.8) is 0 Å². The lowest BCUT2D eigenvalue weighted by atomic mass is 9.73. The SMILES string of the molecule is O=C(Cc1ccccc1)N1CCC2(CCC(=O)N(CC3CC3)CC2)CC1. The van der Waals surface area contributed by atoms with Crippen LogP contribution in [0.25, 0.3) is 0 Å². The minimum Gasteiger partial charge on any atom is -0.342 e. The van der Waals surface area contributed by atoms with Crippen LogP contribution in [0.15, 0.2) is 30.3 Å². The normalized spacial score (nSPS) is 23.2. The van der Waals surface area contributed by atoms with Gasteiger partial charge in [-0.15, -0.1) is 0 Å². The van der Waals surface area contributed by atoms with Gasteiger partial charge in [0.1, 0.15) is 0 Å². The quantitative estimate of drug-likeness (QED) is 0.833. The molecule has 1 aliphatic carbocycles. The number of nitrogens with zero attached hydrogens (tertiary/aromatic N) is 2. The fraction of sp³-hybridized carbons (Fsp3) is 0.636. The number of amides is 2. The second kappa shape index (κ2) is 7.42. The second-order valence-corrected chi connectivity index (χ2v) is 8.58. The number of hydrogen-bond acceptors (Lipinski definition) is 2. The predicted molar refractivity (Wildman–Crippen MR) is 102 cm³/mol. The topological polar surface area (TPSA) is 40.6 Å². The molecule has 1 saturated carbocycles. The molecule has 4 rings (SSSR count). The Hall–Kier alpha value is -1.84. The summed E-state index contributed by atoms with van der Waals surface area (Å²) in [5, 5.41) is 0. The van der Waals surface area contributed by atoms with E-state index in [1.54, 1.807) is 0 Å². The highest BCUT2D eigenvalue weighted by Gasteiger charge is 2.39. The van der Waals surface area contributed by atoms with Gasteiger partial charge in [0, 0.05) is 32.6 Å². The number of carbonyl (C=O) groups is 2. The van der Waals surface area contributed by atoms with Gasteiger partial charge in [-0.25, -0.2) is 0 Å². The molecule has 0 radical (unpaired) electrons. The van der Waals surface area contributed by atoms with Crippen molar-refractivity contribution >= 4 is 11.8 Å². The molecular weight excluding hydrogens is 324 g/mol. The fourth-order valence-corrected chi connectivity index (χ4v) is 4.57. The Morgan fingerprint density at radius 3 is 2.38 bits per heavy atom. The monoisotopic (exact) mass is 354 g/mol. The minimum atomic E-state index is 0.242. The number of likely N-dealkylation sites (tertiary alicyclic amines) is 2. The molecule has 0 N–H and O–H groups in total. The zero-order valence-corrected chi connectivity index (χ0v) is 15.7. The molecule has 26 heavy (non-hydrogen) atoms. The zero-order valence-electron chi connectivity index (χ0n) is 15.7. The van der Waals surface area contributed by atoms with Gasteiger partial charge in [0.25, 0.3) is 0 Å². The van der Waals surface area contributed by atoms with Crippen molar-refractivity contribution < 1.29 is 9.59 Å². The smallest absolute Gasteiger partial charge is 0.226 e. The number of carbonyl (C=O) groups excluding carboxylic acids is 2. The summed E-state index contributed by atoms with van der Waals surface area (Å²) in [6, 6.07) is 10.0. The van der Waals surface area contributed by atoms with Crippen molar-refractivity contribution in [2.75, 3.05) is 26.2 Å². The maximum Gasteiger partial charge on any atom is 0.226 e. The van der Waals surface area contributed by atoms with Crippen LogP contribution in [0, 0.1) is 11.3 Å². The maximum absolute atomic E-state index is 12.6. The van der Waals surface area contributed by atoms with E-state index in [1.807, 2.05) is 35.2 Å². The largest absolute Gasteiger partial charge is 0.342 e. The summed E-state index contributed by atoms with van der Waals surface area (Å²) < 4.78 is 0. The first-order valence-corrected chi connectivity index (χ1v) is 10.2. The molecule has 3 fully saturated rings. The number of benzene rings is 1. The van der Waals surface area contributed by atoms with Crippen molar-refractivity contribution in [3.8, 4) is 0 Å². The molecule has 0 bridgehead atoms. The summed E-state index contributed by atoms with van der Waals surface area (Å²) in [5.41, 5.74) is 1.37. The Kier molecular flexibility index (Phi) is 5.01. The van der Waals surface area contributed by atoms with Crippen molar-refractivity contribution in [1.29, 1.82) is 0 Å². The van der Waals surface area contributed by atoms with E-state index in [9.17, 15) is 9.59 Å². The number of rotatable bonds is 4. The Balaban J connectivity index is 1.31. The van der Waals surface area contributed by atoms with Gasteiger partial charge < -0.3 is 9.80 Å². The highest BCUT2D eigenvalue weighted by atomic mass is 16.2. The van der Waals surface area contributed by atoms with Crippen LogP contribution in [0.1, 0.15) is 50.5 Å². The highest BCUT2D eigenvalue weighted by Crippen LogP contribution is 2.42. The molecule has 0 aromatic heterocycles. The molecule has 1 aromatic carbocycles. The van der Waals surface area contributed by atoms with Crippen LogP contribution in [0.2, 0.25) is 0 Å².